The molecule has 0 aromatic heterocycles. The molecule has 0 saturated carbocycles. The molecule has 0 unspecified atom stereocenters. The van der Waals surface area contributed by atoms with Crippen molar-refractivity contribution < 1.29 is 9.53 Å². The molecule has 0 N–H and O–H groups in total. The lowest BCUT2D eigenvalue weighted by Crippen LogP contribution is -2.27. The molecule has 1 rings (SSSR count). The first-order valence-corrected chi connectivity index (χ1v) is 6.19. The van der Waals surface area contributed by atoms with E-state index in [1.54, 1.807) is 0 Å². The Morgan fingerprint density at radius 1 is 1.29 bits per heavy atom. The Morgan fingerprint density at radius 2 is 1.88 bits per heavy atom. The van der Waals surface area contributed by atoms with Crippen LogP contribution in [0.25, 0.3) is 0 Å². The Kier molecular flexibility index (Phi) is 4.33. The van der Waals surface area contributed by atoms with Crippen molar-refractivity contribution in [2.24, 2.45) is 0 Å². The fourth-order valence-electron chi connectivity index (χ4n) is 1.56. The molecule has 2 heteroatoms. The Bertz CT molecular complexity index is 392. The van der Waals surface area contributed by atoms with E-state index in [9.17, 15) is 4.79 Å². The van der Waals surface area contributed by atoms with Gasteiger partial charge in [0.25, 0.3) is 0 Å². The van der Waals surface area contributed by atoms with E-state index in [4.69, 9.17) is 4.74 Å². The van der Waals surface area contributed by atoms with E-state index in [1.165, 1.54) is 0 Å². The average Bonchev–Trinajstić information content (AvgIpc) is 2.28. The molecular weight excluding hydrogens is 212 g/mol. The lowest BCUT2D eigenvalue weighted by Gasteiger charge is -2.24. The molecule has 0 fully saturated rings. The second-order valence-corrected chi connectivity index (χ2v) is 5.24. The maximum atomic E-state index is 12.1. The Morgan fingerprint density at radius 3 is 2.41 bits per heavy atom. The number of hydrogen-bond acceptors (Lipinski definition) is 2. The van der Waals surface area contributed by atoms with Crippen molar-refractivity contribution >= 4 is 5.97 Å². The first kappa shape index (κ1) is 13.8. The summed E-state index contributed by atoms with van der Waals surface area (Å²) in [4.78, 5) is 12.1. The summed E-state index contributed by atoms with van der Waals surface area (Å²) in [6.07, 6.45) is 0.808. The number of esters is 1. The van der Waals surface area contributed by atoms with Crippen molar-refractivity contribution in [3.63, 3.8) is 0 Å². The van der Waals surface area contributed by atoms with Crippen LogP contribution in [0, 0.1) is 0 Å². The molecule has 0 bridgehead atoms. The van der Waals surface area contributed by atoms with E-state index < -0.39 is 5.60 Å². The molecule has 0 amide bonds. The van der Waals surface area contributed by atoms with E-state index in [-0.39, 0.29) is 5.97 Å². The molecule has 17 heavy (non-hydrogen) atoms. The van der Waals surface area contributed by atoms with Gasteiger partial charge in [0, 0.05) is 0 Å². The van der Waals surface area contributed by atoms with Crippen LogP contribution in [0.2, 0.25) is 0 Å². The predicted octanol–water partition coefficient (Wildman–Crippen LogP) is 4.16. The smallest absolute Gasteiger partial charge is 0.338 e. The molecule has 0 saturated heterocycles. The minimum atomic E-state index is -0.402. The highest BCUT2D eigenvalue weighted by atomic mass is 16.6. The van der Waals surface area contributed by atoms with Gasteiger partial charge in [0.1, 0.15) is 5.60 Å². The molecule has 0 heterocycles. The van der Waals surface area contributed by atoms with Gasteiger partial charge in [0.05, 0.1) is 5.56 Å². The Hall–Kier alpha value is -1.31. The van der Waals surface area contributed by atoms with Crippen LogP contribution in [0.1, 0.15) is 62.9 Å². The van der Waals surface area contributed by atoms with Crippen LogP contribution in [-0.4, -0.2) is 11.6 Å². The summed E-state index contributed by atoms with van der Waals surface area (Å²) >= 11 is 0. The zero-order valence-corrected chi connectivity index (χ0v) is 11.4. The van der Waals surface area contributed by atoms with E-state index in [0.717, 1.165) is 12.0 Å². The van der Waals surface area contributed by atoms with Crippen molar-refractivity contribution in [2.75, 3.05) is 0 Å². The molecule has 2 nitrogen and oxygen atoms in total. The van der Waals surface area contributed by atoms with Gasteiger partial charge < -0.3 is 4.74 Å². The van der Waals surface area contributed by atoms with Crippen LogP contribution >= 0.6 is 0 Å². The highest BCUT2D eigenvalue weighted by Gasteiger charge is 2.23. The van der Waals surface area contributed by atoms with Crippen molar-refractivity contribution in [1.29, 1.82) is 0 Å². The molecule has 1 aromatic carbocycles. The molecule has 1 aromatic rings. The van der Waals surface area contributed by atoms with E-state index >= 15 is 0 Å². The summed E-state index contributed by atoms with van der Waals surface area (Å²) in [5, 5.41) is 0. The predicted molar refractivity (Wildman–Crippen MR) is 70.3 cm³/mol. The van der Waals surface area contributed by atoms with Crippen LogP contribution in [-0.2, 0) is 4.74 Å². The second-order valence-electron chi connectivity index (χ2n) is 5.24. The van der Waals surface area contributed by atoms with Crippen LogP contribution < -0.4 is 0 Å². The number of carbonyl (C=O) groups is 1. The zero-order valence-electron chi connectivity index (χ0n) is 11.4. The molecule has 0 aliphatic rings. The average molecular weight is 234 g/mol. The van der Waals surface area contributed by atoms with Gasteiger partial charge in [-0.25, -0.2) is 4.79 Å². The maximum absolute atomic E-state index is 12.1. The SMILES string of the molecule is CCC(C)(C)OC(=O)c1ccccc1C(C)C. The van der Waals surface area contributed by atoms with Gasteiger partial charge in [0.2, 0.25) is 0 Å². The molecule has 0 radical (unpaired) electrons. The molecule has 0 aliphatic heterocycles. The first-order chi connectivity index (χ1) is 7.87. The summed E-state index contributed by atoms with van der Waals surface area (Å²) in [5.74, 6) is 0.102. The first-order valence-electron chi connectivity index (χ1n) is 6.19. The number of ether oxygens (including phenoxy) is 1. The lowest BCUT2D eigenvalue weighted by atomic mass is 9.97. The minimum absolute atomic E-state index is 0.221. The third-order valence-corrected chi connectivity index (χ3v) is 3.02. The summed E-state index contributed by atoms with van der Waals surface area (Å²) in [7, 11) is 0. The van der Waals surface area contributed by atoms with Gasteiger partial charge in [-0.1, -0.05) is 39.0 Å². The zero-order chi connectivity index (χ0) is 13.1. The molecular formula is C15H22O2. The number of rotatable bonds is 4. The van der Waals surface area contributed by atoms with Gasteiger partial charge in [-0.2, -0.15) is 0 Å². The summed E-state index contributed by atoms with van der Waals surface area (Å²) < 4.78 is 5.52. The van der Waals surface area contributed by atoms with Crippen LogP contribution in [0.15, 0.2) is 24.3 Å². The third-order valence-electron chi connectivity index (χ3n) is 3.02. The summed E-state index contributed by atoms with van der Waals surface area (Å²) in [5.41, 5.74) is 1.33. The second kappa shape index (κ2) is 5.35. The lowest BCUT2D eigenvalue weighted by molar-refractivity contribution is -0.00258. The van der Waals surface area contributed by atoms with Crippen molar-refractivity contribution in [1.82, 2.24) is 0 Å². The van der Waals surface area contributed by atoms with Gasteiger partial charge in [-0.15, -0.1) is 0 Å². The Labute approximate surface area is 104 Å². The number of benzene rings is 1. The quantitative estimate of drug-likeness (QED) is 0.731. The highest BCUT2D eigenvalue weighted by molar-refractivity contribution is 5.91. The normalized spacial score (nSPS) is 11.6. The third kappa shape index (κ3) is 3.58. The van der Waals surface area contributed by atoms with Crippen LogP contribution in [0.3, 0.4) is 0 Å². The maximum Gasteiger partial charge on any atom is 0.338 e. The van der Waals surface area contributed by atoms with E-state index in [1.807, 2.05) is 45.0 Å². The molecule has 0 atom stereocenters. The standard InChI is InChI=1S/C15H22O2/c1-6-15(4,5)17-14(16)13-10-8-7-9-12(13)11(2)3/h7-11H,6H2,1-5H3. The Balaban J connectivity index is 2.97. The van der Waals surface area contributed by atoms with E-state index in [0.29, 0.717) is 11.5 Å². The highest BCUT2D eigenvalue weighted by Crippen LogP contribution is 2.23. The topological polar surface area (TPSA) is 26.3 Å². The van der Waals surface area contributed by atoms with Gasteiger partial charge >= 0.3 is 5.97 Å². The summed E-state index contributed by atoms with van der Waals surface area (Å²) in [6.45, 7) is 10.0. The van der Waals surface area contributed by atoms with Gasteiger partial charge in [-0.05, 0) is 37.8 Å². The fraction of sp³-hybridized carbons (Fsp3) is 0.533. The number of carbonyl (C=O) groups excluding carboxylic acids is 1. The minimum Gasteiger partial charge on any atom is -0.456 e. The molecule has 0 aliphatic carbocycles. The van der Waals surface area contributed by atoms with Crippen LogP contribution in [0.4, 0.5) is 0 Å². The van der Waals surface area contributed by atoms with Gasteiger partial charge in [0.15, 0.2) is 0 Å². The fourth-order valence-corrected chi connectivity index (χ4v) is 1.56. The van der Waals surface area contributed by atoms with Gasteiger partial charge in [-0.3, -0.25) is 0 Å². The molecule has 0 spiro atoms. The van der Waals surface area contributed by atoms with Crippen molar-refractivity contribution in [3.8, 4) is 0 Å². The number of hydrogen-bond donors (Lipinski definition) is 0. The summed E-state index contributed by atoms with van der Waals surface area (Å²) in [6, 6.07) is 7.65. The molecule has 94 valence electrons. The van der Waals surface area contributed by atoms with Crippen LogP contribution in [0.5, 0.6) is 0 Å². The largest absolute Gasteiger partial charge is 0.456 e. The van der Waals surface area contributed by atoms with E-state index in [2.05, 4.69) is 13.8 Å². The van der Waals surface area contributed by atoms with Crippen molar-refractivity contribution in [2.45, 2.75) is 52.6 Å². The van der Waals surface area contributed by atoms with Crippen molar-refractivity contribution in [3.05, 3.63) is 35.4 Å². The monoisotopic (exact) mass is 234 g/mol.